The molecule has 0 bridgehead atoms. The summed E-state index contributed by atoms with van der Waals surface area (Å²) in [5.74, 6) is 1.53. The van der Waals surface area contributed by atoms with Crippen LogP contribution in [0.3, 0.4) is 0 Å². The van der Waals surface area contributed by atoms with Gasteiger partial charge in [0.1, 0.15) is 0 Å². The van der Waals surface area contributed by atoms with Gasteiger partial charge in [-0.1, -0.05) is 35.7 Å². The molecule has 1 amide bonds. The fourth-order valence-electron chi connectivity index (χ4n) is 4.05. The van der Waals surface area contributed by atoms with Crippen molar-refractivity contribution in [1.29, 1.82) is 0 Å². The summed E-state index contributed by atoms with van der Waals surface area (Å²) in [5.41, 5.74) is 7.27. The number of anilines is 1. The number of nitrogens with zero attached hydrogens (tertiary/aromatic N) is 1. The third-order valence-electron chi connectivity index (χ3n) is 5.24. The number of benzene rings is 1. The van der Waals surface area contributed by atoms with E-state index in [4.69, 9.17) is 5.73 Å². The molecule has 114 valence electrons. The second-order valence-corrected chi connectivity index (χ2v) is 7.43. The van der Waals surface area contributed by atoms with Gasteiger partial charge in [-0.25, -0.2) is 0 Å². The predicted molar refractivity (Wildman–Crippen MR) is 89.1 cm³/mol. The number of fused-ring (bicyclic) bond motifs is 1. The van der Waals surface area contributed by atoms with Crippen LogP contribution >= 0.6 is 15.9 Å². The Kier molecular flexibility index (Phi) is 4.25. The molecular formula is C17H23BrN2O. The van der Waals surface area contributed by atoms with Crippen molar-refractivity contribution in [3.05, 3.63) is 28.2 Å². The summed E-state index contributed by atoms with van der Waals surface area (Å²) in [5, 5.41) is 0. The van der Waals surface area contributed by atoms with E-state index in [2.05, 4.69) is 27.8 Å². The number of nitrogens with two attached hydrogens (primary N) is 1. The molecule has 3 rings (SSSR count). The van der Waals surface area contributed by atoms with Crippen LogP contribution in [0.4, 0.5) is 5.69 Å². The first-order valence-electron chi connectivity index (χ1n) is 7.94. The molecule has 3 nitrogen and oxygen atoms in total. The quantitative estimate of drug-likeness (QED) is 0.775. The molecule has 1 saturated carbocycles. The van der Waals surface area contributed by atoms with Crippen LogP contribution in [0.2, 0.25) is 0 Å². The maximum atomic E-state index is 12.9. The molecular weight excluding hydrogens is 328 g/mol. The molecule has 1 aromatic carbocycles. The van der Waals surface area contributed by atoms with Crippen LogP contribution in [0.5, 0.6) is 0 Å². The van der Waals surface area contributed by atoms with E-state index in [0.717, 1.165) is 29.8 Å². The maximum absolute atomic E-state index is 12.9. The van der Waals surface area contributed by atoms with Crippen LogP contribution in [0, 0.1) is 11.8 Å². The van der Waals surface area contributed by atoms with Gasteiger partial charge >= 0.3 is 0 Å². The van der Waals surface area contributed by atoms with Crippen molar-refractivity contribution in [2.75, 3.05) is 12.3 Å². The highest BCUT2D eigenvalue weighted by Crippen LogP contribution is 2.39. The number of carbonyl (C=O) groups is 1. The summed E-state index contributed by atoms with van der Waals surface area (Å²) in [6.45, 7) is 3.22. The minimum Gasteiger partial charge on any atom is -0.398 e. The molecule has 2 fully saturated rings. The number of hydrogen-bond acceptors (Lipinski definition) is 2. The van der Waals surface area contributed by atoms with Crippen LogP contribution in [-0.4, -0.2) is 23.4 Å². The monoisotopic (exact) mass is 350 g/mol. The van der Waals surface area contributed by atoms with Crippen molar-refractivity contribution in [1.82, 2.24) is 4.90 Å². The van der Waals surface area contributed by atoms with E-state index in [9.17, 15) is 4.79 Å². The standard InChI is InChI=1S/C17H23BrN2O/c1-11-8-9-20(16-5-3-2-4-13(11)16)17(21)14-7-6-12(18)10-15(14)19/h6-7,10-11,13,16H,2-5,8-9,19H2,1H3. The van der Waals surface area contributed by atoms with Crippen molar-refractivity contribution in [2.45, 2.75) is 45.1 Å². The van der Waals surface area contributed by atoms with Crippen molar-refractivity contribution >= 4 is 27.5 Å². The lowest BCUT2D eigenvalue weighted by molar-refractivity contribution is 0.0218. The zero-order valence-electron chi connectivity index (χ0n) is 12.5. The zero-order valence-corrected chi connectivity index (χ0v) is 14.1. The summed E-state index contributed by atoms with van der Waals surface area (Å²) < 4.78 is 0.916. The van der Waals surface area contributed by atoms with Gasteiger partial charge < -0.3 is 10.6 Å². The molecule has 0 spiro atoms. The maximum Gasteiger partial charge on any atom is 0.256 e. The first-order chi connectivity index (χ1) is 10.1. The van der Waals surface area contributed by atoms with Crippen LogP contribution in [0.1, 0.15) is 49.4 Å². The first-order valence-corrected chi connectivity index (χ1v) is 8.73. The highest BCUT2D eigenvalue weighted by molar-refractivity contribution is 9.10. The van der Waals surface area contributed by atoms with E-state index in [1.54, 1.807) is 0 Å². The predicted octanol–water partition coefficient (Wildman–Crippen LogP) is 4.07. The Bertz CT molecular complexity index is 546. The van der Waals surface area contributed by atoms with E-state index >= 15 is 0 Å². The second kappa shape index (κ2) is 5.99. The number of nitrogen functional groups attached to an aromatic ring is 1. The summed E-state index contributed by atoms with van der Waals surface area (Å²) in [4.78, 5) is 15.0. The molecule has 1 heterocycles. The summed E-state index contributed by atoms with van der Waals surface area (Å²) in [7, 11) is 0. The molecule has 1 saturated heterocycles. The molecule has 0 aromatic heterocycles. The van der Waals surface area contributed by atoms with Gasteiger partial charge in [-0.15, -0.1) is 0 Å². The Balaban J connectivity index is 1.86. The molecule has 4 heteroatoms. The van der Waals surface area contributed by atoms with Crippen molar-refractivity contribution < 1.29 is 4.79 Å². The molecule has 3 atom stereocenters. The van der Waals surface area contributed by atoms with Crippen molar-refractivity contribution in [2.24, 2.45) is 11.8 Å². The van der Waals surface area contributed by atoms with E-state index in [-0.39, 0.29) is 5.91 Å². The molecule has 1 aliphatic carbocycles. The van der Waals surface area contributed by atoms with Crippen molar-refractivity contribution in [3.63, 3.8) is 0 Å². The number of halogens is 1. The van der Waals surface area contributed by atoms with Crippen LogP contribution in [0.25, 0.3) is 0 Å². The van der Waals surface area contributed by atoms with Gasteiger partial charge in [-0.3, -0.25) is 4.79 Å². The lowest BCUT2D eigenvalue weighted by atomic mass is 9.72. The van der Waals surface area contributed by atoms with E-state index < -0.39 is 0 Å². The minimum absolute atomic E-state index is 0.115. The van der Waals surface area contributed by atoms with E-state index in [1.807, 2.05) is 18.2 Å². The summed E-state index contributed by atoms with van der Waals surface area (Å²) in [6.07, 6.45) is 6.09. The number of piperidine rings is 1. The highest BCUT2D eigenvalue weighted by atomic mass is 79.9. The average Bonchev–Trinajstić information content (AvgIpc) is 2.47. The summed E-state index contributed by atoms with van der Waals surface area (Å²) in [6, 6.07) is 5.97. The Morgan fingerprint density at radius 3 is 2.81 bits per heavy atom. The van der Waals surface area contributed by atoms with Gasteiger partial charge in [-0.05, 0) is 49.3 Å². The lowest BCUT2D eigenvalue weighted by Gasteiger charge is -2.47. The van der Waals surface area contributed by atoms with Gasteiger partial charge in [-0.2, -0.15) is 0 Å². The van der Waals surface area contributed by atoms with Gasteiger partial charge in [0.15, 0.2) is 0 Å². The third-order valence-corrected chi connectivity index (χ3v) is 5.74. The van der Waals surface area contributed by atoms with Crippen LogP contribution in [-0.2, 0) is 0 Å². The van der Waals surface area contributed by atoms with E-state index in [1.165, 1.54) is 19.3 Å². The van der Waals surface area contributed by atoms with Gasteiger partial charge in [0.05, 0.1) is 5.56 Å². The molecule has 1 aromatic rings. The summed E-state index contributed by atoms with van der Waals surface area (Å²) >= 11 is 3.40. The highest BCUT2D eigenvalue weighted by Gasteiger charge is 2.39. The molecule has 3 unspecified atom stereocenters. The first kappa shape index (κ1) is 14.9. The van der Waals surface area contributed by atoms with Crippen molar-refractivity contribution in [3.8, 4) is 0 Å². The number of hydrogen-bond donors (Lipinski definition) is 1. The average molecular weight is 351 g/mol. The molecule has 21 heavy (non-hydrogen) atoms. The fraction of sp³-hybridized carbons (Fsp3) is 0.588. The Labute approximate surface area is 135 Å². The normalized spacial score (nSPS) is 29.0. The smallest absolute Gasteiger partial charge is 0.256 e. The number of amides is 1. The largest absolute Gasteiger partial charge is 0.398 e. The molecule has 2 aliphatic rings. The number of rotatable bonds is 1. The van der Waals surface area contributed by atoms with Gasteiger partial charge in [0.25, 0.3) is 5.91 Å². The number of carbonyl (C=O) groups excluding carboxylic acids is 1. The van der Waals surface area contributed by atoms with Gasteiger partial charge in [0.2, 0.25) is 0 Å². The van der Waals surface area contributed by atoms with Crippen LogP contribution < -0.4 is 5.73 Å². The minimum atomic E-state index is 0.115. The Morgan fingerprint density at radius 2 is 2.05 bits per heavy atom. The molecule has 1 aliphatic heterocycles. The SMILES string of the molecule is CC1CCN(C(=O)c2ccc(Br)cc2N)C2CCCCC12. The zero-order chi connectivity index (χ0) is 15.0. The van der Waals surface area contributed by atoms with E-state index in [0.29, 0.717) is 23.2 Å². The topological polar surface area (TPSA) is 46.3 Å². The Morgan fingerprint density at radius 1 is 1.29 bits per heavy atom. The number of likely N-dealkylation sites (tertiary alicyclic amines) is 1. The molecule has 2 N–H and O–H groups in total. The van der Waals surface area contributed by atoms with Crippen LogP contribution in [0.15, 0.2) is 22.7 Å². The Hall–Kier alpha value is -1.03. The lowest BCUT2D eigenvalue weighted by Crippen LogP contribution is -2.52. The van der Waals surface area contributed by atoms with Gasteiger partial charge in [0, 0.05) is 22.7 Å². The fourth-order valence-corrected chi connectivity index (χ4v) is 4.43. The second-order valence-electron chi connectivity index (χ2n) is 6.51. The molecule has 0 radical (unpaired) electrons. The third kappa shape index (κ3) is 2.83.